The molecular formula is C17H20F3N7O3. The van der Waals surface area contributed by atoms with Crippen molar-refractivity contribution < 1.29 is 27.8 Å². The third-order valence-corrected chi connectivity index (χ3v) is 4.72. The van der Waals surface area contributed by atoms with E-state index in [0.717, 1.165) is 6.20 Å². The molecule has 4 heterocycles. The number of rotatable bonds is 3. The Morgan fingerprint density at radius 2 is 1.93 bits per heavy atom. The molecule has 3 N–H and O–H groups in total. The lowest BCUT2D eigenvalue weighted by Crippen LogP contribution is -2.38. The highest BCUT2D eigenvalue weighted by Crippen LogP contribution is 2.37. The molecule has 2 aliphatic rings. The Labute approximate surface area is 169 Å². The fraction of sp³-hybridized carbons (Fsp3) is 0.529. The number of hydrogen-bond acceptors (Lipinski definition) is 10. The van der Waals surface area contributed by atoms with Gasteiger partial charge in [0.05, 0.1) is 31.6 Å². The van der Waals surface area contributed by atoms with Crippen molar-refractivity contribution in [2.45, 2.75) is 25.6 Å². The number of nitrogens with two attached hydrogens (primary N) is 1. The monoisotopic (exact) mass is 427 g/mol. The molecule has 0 amide bonds. The SMILES string of the molecule is C[C@H]1CN(c2cc(-c3cnc(N)nc3C(F)(F)F)nc(N3CCOCC3)n2)C(O)O1. The lowest BCUT2D eigenvalue weighted by atomic mass is 10.1. The number of nitrogen functional groups attached to an aromatic ring is 1. The average molecular weight is 427 g/mol. The number of aromatic nitrogens is 4. The van der Waals surface area contributed by atoms with Crippen molar-refractivity contribution in [1.29, 1.82) is 0 Å². The Hall–Kier alpha value is -2.77. The van der Waals surface area contributed by atoms with Gasteiger partial charge in [0.25, 0.3) is 0 Å². The second-order valence-corrected chi connectivity index (χ2v) is 6.92. The summed E-state index contributed by atoms with van der Waals surface area (Å²) < 4.78 is 51.4. The Balaban J connectivity index is 1.84. The summed E-state index contributed by atoms with van der Waals surface area (Å²) in [6.07, 6.45) is -5.33. The topological polar surface area (TPSA) is 123 Å². The van der Waals surface area contributed by atoms with Gasteiger partial charge in [0.2, 0.25) is 18.3 Å². The first kappa shape index (κ1) is 20.5. The van der Waals surface area contributed by atoms with Gasteiger partial charge in [-0.05, 0) is 6.92 Å². The minimum Gasteiger partial charge on any atom is -0.378 e. The quantitative estimate of drug-likeness (QED) is 0.729. The Bertz CT molecular complexity index is 924. The zero-order valence-electron chi connectivity index (χ0n) is 16.0. The largest absolute Gasteiger partial charge is 0.434 e. The first-order valence-electron chi connectivity index (χ1n) is 9.24. The van der Waals surface area contributed by atoms with Crippen molar-refractivity contribution >= 4 is 17.7 Å². The first-order valence-corrected chi connectivity index (χ1v) is 9.24. The molecule has 0 spiro atoms. The van der Waals surface area contributed by atoms with Crippen molar-refractivity contribution in [3.63, 3.8) is 0 Å². The molecule has 2 saturated heterocycles. The lowest BCUT2D eigenvalue weighted by Gasteiger charge is -2.28. The van der Waals surface area contributed by atoms with Crippen LogP contribution in [-0.4, -0.2) is 70.4 Å². The van der Waals surface area contributed by atoms with Crippen LogP contribution in [0.2, 0.25) is 0 Å². The van der Waals surface area contributed by atoms with Crippen LogP contribution in [0.15, 0.2) is 12.3 Å². The number of aliphatic hydroxyl groups excluding tert-OH is 1. The van der Waals surface area contributed by atoms with E-state index in [-0.39, 0.29) is 29.1 Å². The zero-order valence-corrected chi connectivity index (χ0v) is 16.0. The summed E-state index contributed by atoms with van der Waals surface area (Å²) in [6, 6.07) is 1.35. The lowest BCUT2D eigenvalue weighted by molar-refractivity contribution is -0.140. The first-order chi connectivity index (χ1) is 14.2. The summed E-state index contributed by atoms with van der Waals surface area (Å²) in [5.41, 5.74) is 3.81. The third-order valence-electron chi connectivity index (χ3n) is 4.72. The summed E-state index contributed by atoms with van der Waals surface area (Å²) in [7, 11) is 0. The van der Waals surface area contributed by atoms with E-state index in [0.29, 0.717) is 32.8 Å². The molecule has 0 bridgehead atoms. The van der Waals surface area contributed by atoms with Gasteiger partial charge in [-0.15, -0.1) is 0 Å². The van der Waals surface area contributed by atoms with E-state index in [1.165, 1.54) is 11.0 Å². The zero-order chi connectivity index (χ0) is 21.5. The van der Waals surface area contributed by atoms with E-state index in [2.05, 4.69) is 19.9 Å². The van der Waals surface area contributed by atoms with Crippen LogP contribution in [0, 0.1) is 0 Å². The molecule has 2 aromatic heterocycles. The summed E-state index contributed by atoms with van der Waals surface area (Å²) in [5.74, 6) is -0.0586. The maximum atomic E-state index is 13.6. The highest BCUT2D eigenvalue weighted by atomic mass is 19.4. The normalized spacial score (nSPS) is 22.6. The fourth-order valence-electron chi connectivity index (χ4n) is 3.31. The molecular weight excluding hydrogens is 407 g/mol. The maximum Gasteiger partial charge on any atom is 0.434 e. The minimum atomic E-state index is -4.76. The molecule has 0 saturated carbocycles. The average Bonchev–Trinajstić information content (AvgIpc) is 3.05. The maximum absolute atomic E-state index is 13.6. The van der Waals surface area contributed by atoms with Crippen molar-refractivity contribution in [3.8, 4) is 11.3 Å². The molecule has 0 radical (unpaired) electrons. The smallest absolute Gasteiger partial charge is 0.378 e. The van der Waals surface area contributed by atoms with Gasteiger partial charge in [0.15, 0.2) is 5.69 Å². The number of halogens is 3. The number of hydrogen-bond donors (Lipinski definition) is 2. The predicted molar refractivity (Wildman–Crippen MR) is 99.4 cm³/mol. The molecule has 2 atom stereocenters. The highest BCUT2D eigenvalue weighted by Gasteiger charge is 2.38. The summed E-state index contributed by atoms with van der Waals surface area (Å²) in [5, 5.41) is 10.2. The van der Waals surface area contributed by atoms with Gasteiger partial charge in [0.1, 0.15) is 5.82 Å². The Morgan fingerprint density at radius 3 is 2.57 bits per heavy atom. The fourth-order valence-corrected chi connectivity index (χ4v) is 3.31. The Morgan fingerprint density at radius 1 is 1.20 bits per heavy atom. The molecule has 1 unspecified atom stereocenters. The number of anilines is 3. The van der Waals surface area contributed by atoms with Crippen molar-refractivity contribution in [2.75, 3.05) is 48.4 Å². The van der Waals surface area contributed by atoms with Crippen LogP contribution in [0.3, 0.4) is 0 Å². The second-order valence-electron chi connectivity index (χ2n) is 6.92. The van der Waals surface area contributed by atoms with E-state index < -0.39 is 24.2 Å². The van der Waals surface area contributed by atoms with Crippen LogP contribution in [0.5, 0.6) is 0 Å². The Kier molecular flexibility index (Phi) is 5.34. The molecule has 4 rings (SSSR count). The number of morpholine rings is 1. The van der Waals surface area contributed by atoms with E-state index in [9.17, 15) is 18.3 Å². The second kappa shape index (κ2) is 7.81. The molecule has 2 aliphatic heterocycles. The van der Waals surface area contributed by atoms with Crippen molar-refractivity contribution in [3.05, 3.63) is 18.0 Å². The summed E-state index contributed by atoms with van der Waals surface area (Å²) in [6.45, 7) is 3.90. The van der Waals surface area contributed by atoms with Gasteiger partial charge >= 0.3 is 6.18 Å². The molecule has 30 heavy (non-hydrogen) atoms. The van der Waals surface area contributed by atoms with E-state index >= 15 is 0 Å². The van der Waals surface area contributed by atoms with E-state index in [1.807, 2.05) is 0 Å². The number of aliphatic hydroxyl groups is 1. The number of alkyl halides is 3. The molecule has 10 nitrogen and oxygen atoms in total. The van der Waals surface area contributed by atoms with Gasteiger partial charge in [0, 0.05) is 30.9 Å². The minimum absolute atomic E-state index is 0.0411. The molecule has 13 heteroatoms. The summed E-state index contributed by atoms with van der Waals surface area (Å²) in [4.78, 5) is 19.1. The van der Waals surface area contributed by atoms with Crippen molar-refractivity contribution in [2.24, 2.45) is 0 Å². The summed E-state index contributed by atoms with van der Waals surface area (Å²) >= 11 is 0. The van der Waals surface area contributed by atoms with Gasteiger partial charge in [-0.1, -0.05) is 0 Å². The highest BCUT2D eigenvalue weighted by molar-refractivity contribution is 5.67. The molecule has 2 aromatic rings. The number of ether oxygens (including phenoxy) is 2. The van der Waals surface area contributed by atoms with Crippen LogP contribution in [0.4, 0.5) is 30.9 Å². The standard InChI is InChI=1S/C17H20F3N7O3/c1-9-8-27(16(28)30-9)12-6-11(23-15(24-12)26-2-4-29-5-3-26)10-7-22-14(21)25-13(10)17(18,19)20/h6-7,9,16,28H,2-5,8H2,1H3,(H2,21,22,25)/t9-,16?/m0/s1. The molecule has 0 aliphatic carbocycles. The molecule has 2 fully saturated rings. The predicted octanol–water partition coefficient (Wildman–Crippen LogP) is 0.872. The molecule has 0 aromatic carbocycles. The van der Waals surface area contributed by atoms with Crippen molar-refractivity contribution in [1.82, 2.24) is 19.9 Å². The van der Waals surface area contributed by atoms with Gasteiger partial charge < -0.3 is 30.1 Å². The van der Waals surface area contributed by atoms with E-state index in [4.69, 9.17) is 15.2 Å². The van der Waals surface area contributed by atoms with Crippen LogP contribution >= 0.6 is 0 Å². The van der Waals surface area contributed by atoms with E-state index in [1.54, 1.807) is 11.8 Å². The molecule has 162 valence electrons. The number of nitrogens with zero attached hydrogens (tertiary/aromatic N) is 6. The van der Waals surface area contributed by atoms with Crippen LogP contribution in [0.1, 0.15) is 12.6 Å². The van der Waals surface area contributed by atoms with Gasteiger partial charge in [-0.25, -0.2) is 15.0 Å². The van der Waals surface area contributed by atoms with Crippen LogP contribution < -0.4 is 15.5 Å². The van der Waals surface area contributed by atoms with Crippen LogP contribution in [-0.2, 0) is 15.7 Å². The van der Waals surface area contributed by atoms with Crippen LogP contribution in [0.25, 0.3) is 11.3 Å². The third kappa shape index (κ3) is 4.08. The van der Waals surface area contributed by atoms with Gasteiger partial charge in [-0.2, -0.15) is 18.2 Å². The van der Waals surface area contributed by atoms with Gasteiger partial charge in [-0.3, -0.25) is 0 Å².